The molecule has 0 aliphatic heterocycles. The maximum absolute atomic E-state index is 5.62. The first kappa shape index (κ1) is 10.2. The zero-order chi connectivity index (χ0) is 9.19. The van der Waals surface area contributed by atoms with Crippen molar-refractivity contribution in [3.63, 3.8) is 0 Å². The minimum atomic E-state index is -0.0452. The largest absolute Gasteiger partial charge is 0.370 e. The number of ether oxygens (including phenoxy) is 1. The minimum absolute atomic E-state index is 0.0452. The van der Waals surface area contributed by atoms with Crippen molar-refractivity contribution in [2.45, 2.75) is 33.0 Å². The molecule has 0 fully saturated rings. The van der Waals surface area contributed by atoms with Crippen molar-refractivity contribution in [2.24, 2.45) is 0 Å². The number of halogens is 1. The van der Waals surface area contributed by atoms with Gasteiger partial charge in [-0.3, -0.25) is 0 Å². The third kappa shape index (κ3) is 3.70. The standard InChI is InChI=1S/C9H13BrOS/c1-9(2,3)11-6-7-4-5-8(10)12-7/h4-5H,6H2,1-3H3. The lowest BCUT2D eigenvalue weighted by molar-refractivity contribution is -0.0136. The van der Waals surface area contributed by atoms with E-state index in [0.717, 1.165) is 3.79 Å². The maximum Gasteiger partial charge on any atom is 0.0816 e. The summed E-state index contributed by atoms with van der Waals surface area (Å²) < 4.78 is 6.78. The second kappa shape index (κ2) is 3.90. The molecule has 68 valence electrons. The van der Waals surface area contributed by atoms with Crippen molar-refractivity contribution in [2.75, 3.05) is 0 Å². The average Bonchev–Trinajstić information content (AvgIpc) is 2.30. The second-order valence-corrected chi connectivity index (χ2v) is 6.15. The fourth-order valence-electron chi connectivity index (χ4n) is 0.717. The molecule has 3 heteroatoms. The molecule has 0 atom stereocenters. The van der Waals surface area contributed by atoms with Crippen LogP contribution in [0.4, 0.5) is 0 Å². The van der Waals surface area contributed by atoms with Gasteiger partial charge in [0, 0.05) is 4.88 Å². The van der Waals surface area contributed by atoms with E-state index < -0.39 is 0 Å². The summed E-state index contributed by atoms with van der Waals surface area (Å²) in [5, 5.41) is 0. The van der Waals surface area contributed by atoms with Crippen LogP contribution in [-0.4, -0.2) is 5.60 Å². The van der Waals surface area contributed by atoms with Gasteiger partial charge >= 0.3 is 0 Å². The quantitative estimate of drug-likeness (QED) is 0.774. The second-order valence-electron chi connectivity index (χ2n) is 3.61. The molecule has 0 radical (unpaired) electrons. The van der Waals surface area contributed by atoms with Gasteiger partial charge in [0.1, 0.15) is 0 Å². The third-order valence-corrected chi connectivity index (χ3v) is 2.87. The predicted octanol–water partition coefficient (Wildman–Crippen LogP) is 3.83. The van der Waals surface area contributed by atoms with Crippen LogP contribution in [0.25, 0.3) is 0 Å². The van der Waals surface area contributed by atoms with Crippen LogP contribution < -0.4 is 0 Å². The highest BCUT2D eigenvalue weighted by molar-refractivity contribution is 9.11. The first-order valence-electron chi connectivity index (χ1n) is 3.85. The minimum Gasteiger partial charge on any atom is -0.370 e. The summed E-state index contributed by atoms with van der Waals surface area (Å²) >= 11 is 5.14. The monoisotopic (exact) mass is 248 g/mol. The number of hydrogen-bond acceptors (Lipinski definition) is 2. The summed E-state index contributed by atoms with van der Waals surface area (Å²) in [5.41, 5.74) is -0.0452. The van der Waals surface area contributed by atoms with Crippen LogP contribution in [0.3, 0.4) is 0 Å². The van der Waals surface area contributed by atoms with Gasteiger partial charge < -0.3 is 4.74 Å². The molecule has 0 spiro atoms. The Morgan fingerprint density at radius 2 is 2.08 bits per heavy atom. The summed E-state index contributed by atoms with van der Waals surface area (Å²) in [7, 11) is 0. The molecule has 12 heavy (non-hydrogen) atoms. The Labute approximate surface area is 85.9 Å². The fourth-order valence-corrected chi connectivity index (χ4v) is 2.11. The van der Waals surface area contributed by atoms with Gasteiger partial charge in [0.2, 0.25) is 0 Å². The summed E-state index contributed by atoms with van der Waals surface area (Å²) in [6, 6.07) is 4.13. The van der Waals surface area contributed by atoms with Gasteiger partial charge in [0.05, 0.1) is 16.0 Å². The SMILES string of the molecule is CC(C)(C)OCc1ccc(Br)s1. The first-order valence-corrected chi connectivity index (χ1v) is 5.46. The number of thiophene rings is 1. The molecule has 0 aliphatic rings. The maximum atomic E-state index is 5.62. The molecule has 0 N–H and O–H groups in total. The fraction of sp³-hybridized carbons (Fsp3) is 0.556. The van der Waals surface area contributed by atoms with Crippen molar-refractivity contribution in [3.8, 4) is 0 Å². The van der Waals surface area contributed by atoms with Crippen LogP contribution in [0, 0.1) is 0 Å². The Kier molecular flexibility index (Phi) is 3.32. The van der Waals surface area contributed by atoms with Gasteiger partial charge in [-0.15, -0.1) is 11.3 Å². The molecule has 1 aromatic rings. The van der Waals surface area contributed by atoms with E-state index in [2.05, 4.69) is 42.8 Å². The number of hydrogen-bond donors (Lipinski definition) is 0. The van der Waals surface area contributed by atoms with Crippen molar-refractivity contribution < 1.29 is 4.74 Å². The van der Waals surface area contributed by atoms with Crippen LogP contribution in [0.2, 0.25) is 0 Å². The van der Waals surface area contributed by atoms with E-state index >= 15 is 0 Å². The normalized spacial score (nSPS) is 12.0. The molecule has 1 rings (SSSR count). The van der Waals surface area contributed by atoms with Crippen molar-refractivity contribution in [3.05, 3.63) is 20.8 Å². The van der Waals surface area contributed by atoms with Gasteiger partial charge in [-0.05, 0) is 48.8 Å². The molecular formula is C9H13BrOS. The lowest BCUT2D eigenvalue weighted by Crippen LogP contribution is -2.18. The third-order valence-electron chi connectivity index (χ3n) is 1.28. The molecule has 0 aromatic carbocycles. The molecule has 1 heterocycles. The van der Waals surface area contributed by atoms with E-state index in [0.29, 0.717) is 6.61 Å². The Hall–Kier alpha value is 0.140. The smallest absolute Gasteiger partial charge is 0.0816 e. The van der Waals surface area contributed by atoms with Crippen molar-refractivity contribution >= 4 is 27.3 Å². The topological polar surface area (TPSA) is 9.23 Å². The molecule has 1 aromatic heterocycles. The molecule has 0 amide bonds. The average molecular weight is 249 g/mol. The first-order chi connectivity index (χ1) is 5.47. The Morgan fingerprint density at radius 1 is 1.42 bits per heavy atom. The molecule has 1 nitrogen and oxygen atoms in total. The van der Waals surface area contributed by atoms with Gasteiger partial charge in [-0.25, -0.2) is 0 Å². The summed E-state index contributed by atoms with van der Waals surface area (Å²) in [4.78, 5) is 1.26. The van der Waals surface area contributed by atoms with E-state index in [1.807, 2.05) is 6.07 Å². The van der Waals surface area contributed by atoms with E-state index in [1.54, 1.807) is 11.3 Å². The van der Waals surface area contributed by atoms with Gasteiger partial charge in [-0.2, -0.15) is 0 Å². The van der Waals surface area contributed by atoms with E-state index in [1.165, 1.54) is 4.88 Å². The Morgan fingerprint density at radius 3 is 2.50 bits per heavy atom. The highest BCUT2D eigenvalue weighted by Crippen LogP contribution is 2.23. The van der Waals surface area contributed by atoms with Crippen LogP contribution in [0.1, 0.15) is 25.6 Å². The molecule has 0 saturated carbocycles. The predicted molar refractivity (Wildman–Crippen MR) is 56.6 cm³/mol. The van der Waals surface area contributed by atoms with E-state index in [-0.39, 0.29) is 5.60 Å². The van der Waals surface area contributed by atoms with Crippen molar-refractivity contribution in [1.82, 2.24) is 0 Å². The van der Waals surface area contributed by atoms with Crippen LogP contribution in [0.15, 0.2) is 15.9 Å². The van der Waals surface area contributed by atoms with E-state index in [9.17, 15) is 0 Å². The Bertz CT molecular complexity index is 249. The zero-order valence-electron chi connectivity index (χ0n) is 7.56. The zero-order valence-corrected chi connectivity index (χ0v) is 9.96. The lowest BCUT2D eigenvalue weighted by atomic mass is 10.2. The highest BCUT2D eigenvalue weighted by atomic mass is 79.9. The summed E-state index contributed by atoms with van der Waals surface area (Å²) in [6.45, 7) is 6.90. The number of rotatable bonds is 2. The van der Waals surface area contributed by atoms with Crippen molar-refractivity contribution in [1.29, 1.82) is 0 Å². The highest BCUT2D eigenvalue weighted by Gasteiger charge is 2.10. The summed E-state index contributed by atoms with van der Waals surface area (Å²) in [6.07, 6.45) is 0. The molecule has 0 bridgehead atoms. The molecule has 0 saturated heterocycles. The van der Waals surface area contributed by atoms with Crippen LogP contribution in [0.5, 0.6) is 0 Å². The van der Waals surface area contributed by atoms with Crippen LogP contribution in [-0.2, 0) is 11.3 Å². The summed E-state index contributed by atoms with van der Waals surface area (Å²) in [5.74, 6) is 0. The van der Waals surface area contributed by atoms with Gasteiger partial charge in [-0.1, -0.05) is 0 Å². The Balaban J connectivity index is 2.44. The molecule has 0 unspecified atom stereocenters. The molecule has 0 aliphatic carbocycles. The molecular weight excluding hydrogens is 236 g/mol. The van der Waals surface area contributed by atoms with Gasteiger partial charge in [0.15, 0.2) is 0 Å². The van der Waals surface area contributed by atoms with Crippen LogP contribution >= 0.6 is 27.3 Å². The van der Waals surface area contributed by atoms with Gasteiger partial charge in [0.25, 0.3) is 0 Å². The van der Waals surface area contributed by atoms with E-state index in [4.69, 9.17) is 4.74 Å². The lowest BCUT2D eigenvalue weighted by Gasteiger charge is -2.18.